The van der Waals surface area contributed by atoms with Crippen LogP contribution in [0, 0.1) is 0 Å². The highest BCUT2D eigenvalue weighted by atomic mass is 32.2. The fourth-order valence-electron chi connectivity index (χ4n) is 5.98. The molecule has 3 aliphatic rings. The molecule has 2 unspecified atom stereocenters. The van der Waals surface area contributed by atoms with E-state index in [0.29, 0.717) is 36.9 Å². The largest absolute Gasteiger partial charge is 0.480 e. The van der Waals surface area contributed by atoms with Crippen molar-refractivity contribution in [2.45, 2.75) is 49.6 Å². The zero-order chi connectivity index (χ0) is 28.1. The molecule has 2 fully saturated rings. The Morgan fingerprint density at radius 2 is 2.02 bits per heavy atom. The molecule has 1 N–H and O–H groups in total. The van der Waals surface area contributed by atoms with Gasteiger partial charge in [-0.15, -0.1) is 23.1 Å². The second-order valence-electron chi connectivity index (χ2n) is 9.94. The first-order valence-corrected chi connectivity index (χ1v) is 16.4. The molecular formula is C29H27N3O4S4. The normalized spacial score (nSPS) is 21.9. The van der Waals surface area contributed by atoms with Gasteiger partial charge in [0.15, 0.2) is 0 Å². The average molecular weight is 610 g/mol. The van der Waals surface area contributed by atoms with E-state index in [1.165, 1.54) is 37.7 Å². The Morgan fingerprint density at radius 1 is 1.20 bits per heavy atom. The summed E-state index contributed by atoms with van der Waals surface area (Å²) in [4.78, 5) is 43.5. The molecule has 3 aromatic rings. The van der Waals surface area contributed by atoms with Crippen LogP contribution in [0.15, 0.2) is 52.2 Å². The number of thiazole rings is 1. The molecule has 206 valence electrons. The molecule has 6 rings (SSSR count). The van der Waals surface area contributed by atoms with E-state index in [-0.39, 0.29) is 5.91 Å². The predicted octanol–water partition coefficient (Wildman–Crippen LogP) is 4.32. The minimum absolute atomic E-state index is 0.292. The number of hydrogen-bond acceptors (Lipinski definition) is 8. The molecule has 0 spiro atoms. The number of nitrogens with zero attached hydrogens (tertiary/aromatic N) is 3. The minimum Gasteiger partial charge on any atom is -0.480 e. The third kappa shape index (κ3) is 4.62. The summed E-state index contributed by atoms with van der Waals surface area (Å²) in [5, 5.41) is 9.51. The summed E-state index contributed by atoms with van der Waals surface area (Å²) in [6, 6.07) is 15.4. The Kier molecular flexibility index (Phi) is 7.41. The fourth-order valence-corrected chi connectivity index (χ4v) is 9.07. The number of hydrogen-bond donors (Lipinski definition) is 1. The predicted molar refractivity (Wildman–Crippen MR) is 167 cm³/mol. The minimum atomic E-state index is -1.14. The van der Waals surface area contributed by atoms with Gasteiger partial charge in [0.05, 0.1) is 4.53 Å². The van der Waals surface area contributed by atoms with E-state index in [4.69, 9.17) is 12.2 Å². The number of aromatic nitrogens is 1. The van der Waals surface area contributed by atoms with Crippen LogP contribution in [0.2, 0.25) is 0 Å². The highest BCUT2D eigenvalue weighted by molar-refractivity contribution is 8.30. The second kappa shape index (κ2) is 10.8. The second-order valence-corrected chi connectivity index (χ2v) is 13.5. The first kappa shape index (κ1) is 27.3. The first-order valence-electron chi connectivity index (χ1n) is 13.1. The van der Waals surface area contributed by atoms with Gasteiger partial charge in [0.1, 0.15) is 20.4 Å². The van der Waals surface area contributed by atoms with Crippen molar-refractivity contribution in [1.29, 1.82) is 0 Å². The van der Waals surface area contributed by atoms with Gasteiger partial charge < -0.3 is 10.0 Å². The van der Waals surface area contributed by atoms with Crippen LogP contribution in [-0.4, -0.2) is 49.6 Å². The summed E-state index contributed by atoms with van der Waals surface area (Å²) in [6.07, 6.45) is 7.34. The van der Waals surface area contributed by atoms with Crippen molar-refractivity contribution in [3.05, 3.63) is 73.1 Å². The van der Waals surface area contributed by atoms with Crippen LogP contribution in [0.3, 0.4) is 0 Å². The number of thiocarbonyl (C=S) groups is 1. The van der Waals surface area contributed by atoms with E-state index in [1.54, 1.807) is 11.8 Å². The van der Waals surface area contributed by atoms with Gasteiger partial charge in [-0.25, -0.2) is 0 Å². The van der Waals surface area contributed by atoms with Crippen LogP contribution >= 0.6 is 47.1 Å². The van der Waals surface area contributed by atoms with Crippen LogP contribution < -0.4 is 19.7 Å². The highest BCUT2D eigenvalue weighted by Gasteiger charge is 2.42. The monoisotopic (exact) mass is 609 g/mol. The summed E-state index contributed by atoms with van der Waals surface area (Å²) in [5.74, 6) is -1.01. The van der Waals surface area contributed by atoms with Crippen LogP contribution in [0.25, 0.3) is 11.0 Å². The van der Waals surface area contributed by atoms with E-state index >= 15 is 0 Å². The van der Waals surface area contributed by atoms with E-state index in [0.717, 1.165) is 41.5 Å². The summed E-state index contributed by atoms with van der Waals surface area (Å²) >= 11 is 9.35. The smallest absolute Gasteiger partial charge is 0.323 e. The summed E-state index contributed by atoms with van der Waals surface area (Å²) in [7, 11) is 0. The van der Waals surface area contributed by atoms with Crippen LogP contribution in [0.4, 0.5) is 11.4 Å². The molecule has 40 heavy (non-hydrogen) atoms. The van der Waals surface area contributed by atoms with Gasteiger partial charge in [0.2, 0.25) is 0 Å². The number of carboxylic acids is 1. The van der Waals surface area contributed by atoms with Crippen molar-refractivity contribution in [2.24, 2.45) is 0 Å². The Bertz CT molecular complexity index is 1740. The van der Waals surface area contributed by atoms with E-state index in [1.807, 2.05) is 19.1 Å². The van der Waals surface area contributed by atoms with E-state index < -0.39 is 18.1 Å². The number of rotatable bonds is 6. The van der Waals surface area contributed by atoms with Crippen molar-refractivity contribution in [1.82, 2.24) is 9.47 Å². The number of benzene rings is 2. The Hall–Kier alpha value is -2.86. The van der Waals surface area contributed by atoms with Gasteiger partial charge in [-0.2, -0.15) is 0 Å². The molecule has 1 amide bonds. The Labute approximate surface area is 249 Å². The standard InChI is InChI=1S/C29H27N3O4S4/c1-3-30-27(36)25(40-29(30)37)28-31(15-24(33)34)26(35)23(39-28)13-16-10-11-22-20(12-16)19-8-5-9-21(19)32(22)17-6-4-7-18(14-17)38-2/h4,6-7,10-14,19,21H,3,5,8-9,15H2,1-2H3,(H,33,34)/b23-13+,28-25+. The molecule has 2 atom stereocenters. The molecule has 0 radical (unpaired) electrons. The van der Waals surface area contributed by atoms with Gasteiger partial charge in [-0.05, 0) is 73.6 Å². The lowest BCUT2D eigenvalue weighted by atomic mass is 9.96. The van der Waals surface area contributed by atoms with Crippen molar-refractivity contribution in [2.75, 3.05) is 17.7 Å². The molecular weight excluding hydrogens is 583 g/mol. The van der Waals surface area contributed by atoms with Crippen molar-refractivity contribution < 1.29 is 14.7 Å². The van der Waals surface area contributed by atoms with Crippen LogP contribution in [0.5, 0.6) is 0 Å². The molecule has 2 aromatic carbocycles. The quantitative estimate of drug-likeness (QED) is 0.327. The van der Waals surface area contributed by atoms with Gasteiger partial charge >= 0.3 is 5.97 Å². The van der Waals surface area contributed by atoms with Gasteiger partial charge in [-0.3, -0.25) is 23.9 Å². The van der Waals surface area contributed by atoms with Gasteiger partial charge in [-0.1, -0.05) is 42.5 Å². The lowest BCUT2D eigenvalue weighted by Crippen LogP contribution is -2.35. The molecule has 3 heterocycles. The maximum Gasteiger partial charge on any atom is 0.323 e. The maximum absolute atomic E-state index is 13.4. The molecule has 2 aliphatic heterocycles. The lowest BCUT2D eigenvalue weighted by Gasteiger charge is -2.27. The molecule has 1 saturated heterocycles. The number of thioether (sulfide) groups is 2. The third-order valence-corrected chi connectivity index (χ3v) is 11.1. The van der Waals surface area contributed by atoms with Crippen molar-refractivity contribution in [3.8, 4) is 0 Å². The third-order valence-electron chi connectivity index (χ3n) is 7.71. The summed E-state index contributed by atoms with van der Waals surface area (Å²) in [5.41, 5.74) is 4.16. The van der Waals surface area contributed by atoms with E-state index in [9.17, 15) is 19.5 Å². The molecule has 7 nitrogen and oxygen atoms in total. The van der Waals surface area contributed by atoms with Crippen LogP contribution in [0.1, 0.15) is 43.2 Å². The number of amides is 1. The number of carbonyl (C=O) groups is 2. The first-order chi connectivity index (χ1) is 19.3. The number of carboxylic acid groups (broad SMARTS) is 1. The zero-order valence-corrected chi connectivity index (χ0v) is 25.2. The van der Waals surface area contributed by atoms with Crippen LogP contribution in [-0.2, 0) is 16.1 Å². The molecule has 1 saturated carbocycles. The summed E-state index contributed by atoms with van der Waals surface area (Å²) in [6.45, 7) is 1.72. The maximum atomic E-state index is 13.4. The average Bonchev–Trinajstić information content (AvgIpc) is 3.67. The molecule has 0 bridgehead atoms. The Balaban J connectivity index is 1.46. The molecule has 1 aliphatic carbocycles. The Morgan fingerprint density at radius 3 is 2.75 bits per heavy atom. The van der Waals surface area contributed by atoms with Crippen molar-refractivity contribution >= 4 is 85.6 Å². The SMILES string of the molecule is CCN1C(=O)/C(=c2\s/c(=C/c3ccc4c(c3)C3CCCC3N4c3cccc(SC)c3)c(=O)n2CC(=O)O)SC1=S. The van der Waals surface area contributed by atoms with Crippen molar-refractivity contribution in [3.63, 3.8) is 0 Å². The molecule has 1 aromatic heterocycles. The number of carbonyl (C=O) groups excluding carboxylic acids is 1. The van der Waals surface area contributed by atoms with E-state index in [2.05, 4.69) is 47.6 Å². The number of anilines is 2. The molecule has 11 heteroatoms. The van der Waals surface area contributed by atoms with Gasteiger partial charge in [0, 0.05) is 34.8 Å². The lowest BCUT2D eigenvalue weighted by molar-refractivity contribution is -0.137. The van der Waals surface area contributed by atoms with Gasteiger partial charge in [0.25, 0.3) is 11.5 Å². The number of fused-ring (bicyclic) bond motifs is 3. The summed E-state index contributed by atoms with van der Waals surface area (Å²) < 4.78 is 2.32. The fraction of sp³-hybridized carbons (Fsp3) is 0.310. The topological polar surface area (TPSA) is 82.9 Å². The number of aliphatic carboxylic acids is 1. The zero-order valence-electron chi connectivity index (χ0n) is 22.0. The highest BCUT2D eigenvalue weighted by Crippen LogP contribution is 2.52.